The molecule has 1 atom stereocenters. The number of halogens is 2. The third-order valence-electron chi connectivity index (χ3n) is 5.83. The van der Waals surface area contributed by atoms with Crippen LogP contribution in [0.3, 0.4) is 0 Å². The van der Waals surface area contributed by atoms with Gasteiger partial charge < -0.3 is 14.8 Å². The highest BCUT2D eigenvalue weighted by Crippen LogP contribution is 2.34. The standard InChI is InChI=1S/C21H31FN2O3.ClH/c1-2-18(27-19-9-5-4-8-17(19)22)20(25)23-16-21(10-6-3-7-11-21)24-12-14-26-15-13-24;/h4-5,8-9,18H,2-3,6-7,10-16H2,1H3,(H,23,25);1H. The number of nitrogens with zero attached hydrogens (tertiary/aromatic N) is 1. The molecule has 2 aliphatic rings. The van der Waals surface area contributed by atoms with Crippen LogP contribution in [0.2, 0.25) is 0 Å². The summed E-state index contributed by atoms with van der Waals surface area (Å²) in [4.78, 5) is 15.3. The molecule has 0 radical (unpaired) electrons. The van der Waals surface area contributed by atoms with E-state index in [9.17, 15) is 9.18 Å². The zero-order chi connectivity index (χ0) is 19.1. The quantitative estimate of drug-likeness (QED) is 0.741. The molecule has 1 aromatic rings. The van der Waals surface area contributed by atoms with Gasteiger partial charge in [0.2, 0.25) is 0 Å². The fourth-order valence-corrected chi connectivity index (χ4v) is 4.23. The highest BCUT2D eigenvalue weighted by Gasteiger charge is 2.39. The van der Waals surface area contributed by atoms with E-state index in [0.717, 1.165) is 39.1 Å². The van der Waals surface area contributed by atoms with Crippen molar-refractivity contribution >= 4 is 18.3 Å². The summed E-state index contributed by atoms with van der Waals surface area (Å²) in [5.74, 6) is -0.486. The summed E-state index contributed by atoms with van der Waals surface area (Å²) < 4.78 is 25.0. The molecule has 1 N–H and O–H groups in total. The molecule has 1 heterocycles. The first-order valence-electron chi connectivity index (χ1n) is 10.2. The molecule has 2 fully saturated rings. The molecule has 1 amide bonds. The van der Waals surface area contributed by atoms with Gasteiger partial charge in [0.15, 0.2) is 17.7 Å². The highest BCUT2D eigenvalue weighted by molar-refractivity contribution is 5.85. The van der Waals surface area contributed by atoms with Gasteiger partial charge in [0.1, 0.15) is 0 Å². The Morgan fingerprint density at radius 1 is 1.25 bits per heavy atom. The summed E-state index contributed by atoms with van der Waals surface area (Å²) in [7, 11) is 0. The summed E-state index contributed by atoms with van der Waals surface area (Å²) in [5.41, 5.74) is 0.00792. The number of hydrogen-bond acceptors (Lipinski definition) is 4. The van der Waals surface area contributed by atoms with Crippen molar-refractivity contribution in [3.8, 4) is 5.75 Å². The van der Waals surface area contributed by atoms with Crippen molar-refractivity contribution in [1.82, 2.24) is 10.2 Å². The van der Waals surface area contributed by atoms with E-state index in [1.165, 1.54) is 25.3 Å². The molecule has 0 spiro atoms. The number of carbonyl (C=O) groups excluding carboxylic acids is 1. The lowest BCUT2D eigenvalue weighted by atomic mass is 9.79. The molecule has 1 unspecified atom stereocenters. The van der Waals surface area contributed by atoms with Crippen LogP contribution in [0.5, 0.6) is 5.75 Å². The lowest BCUT2D eigenvalue weighted by Crippen LogP contribution is -2.60. The first-order valence-corrected chi connectivity index (χ1v) is 10.2. The van der Waals surface area contributed by atoms with E-state index in [2.05, 4.69) is 10.2 Å². The lowest BCUT2D eigenvalue weighted by molar-refractivity contribution is -0.129. The minimum atomic E-state index is -0.688. The number of hydrogen-bond donors (Lipinski definition) is 1. The molecule has 7 heteroatoms. The van der Waals surface area contributed by atoms with Crippen molar-refractivity contribution in [3.63, 3.8) is 0 Å². The summed E-state index contributed by atoms with van der Waals surface area (Å²) in [6.07, 6.45) is 5.63. The third kappa shape index (κ3) is 5.58. The van der Waals surface area contributed by atoms with Crippen molar-refractivity contribution in [2.75, 3.05) is 32.8 Å². The van der Waals surface area contributed by atoms with Crippen molar-refractivity contribution in [3.05, 3.63) is 30.1 Å². The first kappa shape index (κ1) is 22.9. The van der Waals surface area contributed by atoms with Gasteiger partial charge in [-0.25, -0.2) is 4.39 Å². The van der Waals surface area contributed by atoms with E-state index < -0.39 is 11.9 Å². The van der Waals surface area contributed by atoms with Crippen LogP contribution in [0.25, 0.3) is 0 Å². The van der Waals surface area contributed by atoms with Crippen LogP contribution in [0.1, 0.15) is 45.4 Å². The van der Waals surface area contributed by atoms with Gasteiger partial charge in [-0.15, -0.1) is 12.4 Å². The molecular formula is C21H32ClFN2O3. The van der Waals surface area contributed by atoms with Crippen LogP contribution in [-0.2, 0) is 9.53 Å². The Hall–Kier alpha value is -1.37. The maximum atomic E-state index is 13.9. The van der Waals surface area contributed by atoms with Gasteiger partial charge in [-0.05, 0) is 31.4 Å². The van der Waals surface area contributed by atoms with E-state index in [1.807, 2.05) is 6.92 Å². The number of amides is 1. The van der Waals surface area contributed by atoms with Gasteiger partial charge in [-0.3, -0.25) is 9.69 Å². The fraction of sp³-hybridized carbons (Fsp3) is 0.667. The maximum absolute atomic E-state index is 13.9. The number of para-hydroxylation sites is 1. The predicted molar refractivity (Wildman–Crippen MR) is 110 cm³/mol. The Balaban J connectivity index is 0.00000280. The summed E-state index contributed by atoms with van der Waals surface area (Å²) in [6, 6.07) is 6.22. The van der Waals surface area contributed by atoms with Crippen LogP contribution in [0, 0.1) is 5.82 Å². The Morgan fingerprint density at radius 2 is 1.93 bits per heavy atom. The van der Waals surface area contributed by atoms with E-state index in [-0.39, 0.29) is 29.6 Å². The summed E-state index contributed by atoms with van der Waals surface area (Å²) in [5, 5.41) is 3.11. The number of nitrogens with one attached hydrogen (secondary N) is 1. The summed E-state index contributed by atoms with van der Waals surface area (Å²) >= 11 is 0. The van der Waals surface area contributed by atoms with Crippen LogP contribution in [-0.4, -0.2) is 55.3 Å². The molecule has 28 heavy (non-hydrogen) atoms. The van der Waals surface area contributed by atoms with Crippen LogP contribution >= 0.6 is 12.4 Å². The van der Waals surface area contributed by atoms with Gasteiger partial charge in [0, 0.05) is 25.2 Å². The molecule has 158 valence electrons. The summed E-state index contributed by atoms with van der Waals surface area (Å²) in [6.45, 7) is 5.83. The fourth-order valence-electron chi connectivity index (χ4n) is 4.23. The van der Waals surface area contributed by atoms with E-state index in [1.54, 1.807) is 18.2 Å². The van der Waals surface area contributed by atoms with Gasteiger partial charge in [0.25, 0.3) is 5.91 Å². The Bertz CT molecular complexity index is 619. The molecule has 1 aliphatic carbocycles. The smallest absolute Gasteiger partial charge is 0.261 e. The minimum Gasteiger partial charge on any atom is -0.478 e. The molecule has 1 aromatic carbocycles. The molecule has 1 aliphatic heterocycles. The van der Waals surface area contributed by atoms with Gasteiger partial charge >= 0.3 is 0 Å². The Morgan fingerprint density at radius 3 is 2.57 bits per heavy atom. The van der Waals surface area contributed by atoms with Crippen LogP contribution in [0.15, 0.2) is 24.3 Å². The number of carbonyl (C=O) groups is 1. The van der Waals surface area contributed by atoms with E-state index >= 15 is 0 Å². The van der Waals surface area contributed by atoms with Gasteiger partial charge in [-0.1, -0.05) is 38.3 Å². The largest absolute Gasteiger partial charge is 0.478 e. The second-order valence-electron chi connectivity index (χ2n) is 7.55. The molecule has 1 saturated carbocycles. The van der Waals surface area contributed by atoms with Crippen molar-refractivity contribution in [2.45, 2.75) is 57.1 Å². The molecule has 0 aromatic heterocycles. The highest BCUT2D eigenvalue weighted by atomic mass is 35.5. The number of ether oxygens (including phenoxy) is 2. The SMILES string of the molecule is CCC(Oc1ccccc1F)C(=O)NCC1(N2CCOCC2)CCCCC1.Cl. The van der Waals surface area contributed by atoms with E-state index in [4.69, 9.17) is 9.47 Å². The van der Waals surface area contributed by atoms with Crippen LogP contribution < -0.4 is 10.1 Å². The second kappa shape index (κ2) is 11.0. The first-order chi connectivity index (χ1) is 13.1. The van der Waals surface area contributed by atoms with Crippen molar-refractivity contribution in [2.24, 2.45) is 0 Å². The zero-order valence-corrected chi connectivity index (χ0v) is 17.4. The number of morpholine rings is 1. The molecule has 3 rings (SSSR count). The third-order valence-corrected chi connectivity index (χ3v) is 5.83. The average Bonchev–Trinajstić information content (AvgIpc) is 2.73. The molecule has 5 nitrogen and oxygen atoms in total. The van der Waals surface area contributed by atoms with Gasteiger partial charge in [-0.2, -0.15) is 0 Å². The van der Waals surface area contributed by atoms with Gasteiger partial charge in [0.05, 0.1) is 13.2 Å². The minimum absolute atomic E-state index is 0. The van der Waals surface area contributed by atoms with Crippen LogP contribution in [0.4, 0.5) is 4.39 Å². The zero-order valence-electron chi connectivity index (χ0n) is 16.6. The maximum Gasteiger partial charge on any atom is 0.261 e. The second-order valence-corrected chi connectivity index (χ2v) is 7.55. The number of rotatable bonds is 7. The molecule has 0 bridgehead atoms. The van der Waals surface area contributed by atoms with Crippen molar-refractivity contribution in [1.29, 1.82) is 0 Å². The molecule has 1 saturated heterocycles. The average molecular weight is 415 g/mol. The van der Waals surface area contributed by atoms with E-state index in [0.29, 0.717) is 13.0 Å². The lowest BCUT2D eigenvalue weighted by Gasteiger charge is -2.48. The Labute approximate surface area is 173 Å². The topological polar surface area (TPSA) is 50.8 Å². The Kier molecular flexibility index (Phi) is 8.99. The van der Waals surface area contributed by atoms with Crippen molar-refractivity contribution < 1.29 is 18.7 Å². The predicted octanol–water partition coefficient (Wildman–Crippen LogP) is 3.56. The monoisotopic (exact) mass is 414 g/mol. The molecular weight excluding hydrogens is 383 g/mol. The normalized spacial score (nSPS) is 20.6. The number of benzene rings is 1.